The number of nitrogens with one attached hydrogen (secondary N) is 1. The van der Waals surface area contributed by atoms with Crippen LogP contribution >= 0.6 is 0 Å². The molecule has 2 amide bonds. The summed E-state index contributed by atoms with van der Waals surface area (Å²) in [7, 11) is 0. The van der Waals surface area contributed by atoms with Crippen molar-refractivity contribution in [2.75, 3.05) is 19.6 Å². The summed E-state index contributed by atoms with van der Waals surface area (Å²) >= 11 is 0. The number of hydrogen-bond donors (Lipinski definition) is 3. The Bertz CT molecular complexity index is 275. The molecule has 0 radical (unpaired) electrons. The third-order valence-electron chi connectivity index (χ3n) is 3.05. The Morgan fingerprint density at radius 3 is 2.53 bits per heavy atom. The molecule has 0 aromatic heterocycles. The van der Waals surface area contributed by atoms with Crippen LogP contribution < -0.4 is 5.32 Å². The van der Waals surface area contributed by atoms with Crippen molar-refractivity contribution in [3.63, 3.8) is 0 Å². The molecule has 1 atom stereocenters. The molecule has 1 aliphatic rings. The number of likely N-dealkylation sites (tertiary alicyclic amines) is 1. The Hall–Kier alpha value is -1.30. The number of amides is 2. The molecule has 6 nitrogen and oxygen atoms in total. The zero-order valence-electron chi connectivity index (χ0n) is 10.1. The standard InChI is InChI=1S/C11H20N2O4/c1-8-3-6-13(7-4-8)11(17)12-5-2-9(14)10(15)16/h8-9,14H,2-7H2,1H3,(H,12,17)(H,15,16). The van der Waals surface area contributed by atoms with Gasteiger partial charge < -0.3 is 20.4 Å². The minimum Gasteiger partial charge on any atom is -0.479 e. The summed E-state index contributed by atoms with van der Waals surface area (Å²) in [6.45, 7) is 3.83. The van der Waals surface area contributed by atoms with Crippen molar-refractivity contribution in [3.05, 3.63) is 0 Å². The number of aliphatic hydroxyl groups excluding tert-OH is 1. The molecule has 1 saturated heterocycles. The lowest BCUT2D eigenvalue weighted by Gasteiger charge is -2.30. The van der Waals surface area contributed by atoms with Crippen molar-refractivity contribution in [2.45, 2.75) is 32.3 Å². The Morgan fingerprint density at radius 1 is 1.41 bits per heavy atom. The fourth-order valence-electron chi connectivity index (χ4n) is 1.76. The van der Waals surface area contributed by atoms with Gasteiger partial charge in [-0.05, 0) is 18.8 Å². The molecule has 1 unspecified atom stereocenters. The maximum atomic E-state index is 11.6. The lowest BCUT2D eigenvalue weighted by molar-refractivity contribution is -0.146. The second kappa shape index (κ2) is 6.44. The van der Waals surface area contributed by atoms with Crippen molar-refractivity contribution in [2.24, 2.45) is 5.92 Å². The van der Waals surface area contributed by atoms with Gasteiger partial charge in [0.1, 0.15) is 0 Å². The van der Waals surface area contributed by atoms with Crippen LogP contribution in [0.4, 0.5) is 4.79 Å². The SMILES string of the molecule is CC1CCN(C(=O)NCCC(O)C(=O)O)CC1. The fourth-order valence-corrected chi connectivity index (χ4v) is 1.76. The molecule has 3 N–H and O–H groups in total. The molecule has 0 aliphatic carbocycles. The number of carboxylic acid groups (broad SMARTS) is 1. The zero-order valence-corrected chi connectivity index (χ0v) is 10.1. The number of hydrogen-bond acceptors (Lipinski definition) is 3. The largest absolute Gasteiger partial charge is 0.479 e. The summed E-state index contributed by atoms with van der Waals surface area (Å²) < 4.78 is 0. The van der Waals surface area contributed by atoms with Gasteiger partial charge in [0.15, 0.2) is 6.10 Å². The molecule has 1 fully saturated rings. The molecule has 0 saturated carbocycles. The zero-order chi connectivity index (χ0) is 12.8. The van der Waals surface area contributed by atoms with Gasteiger partial charge in [-0.1, -0.05) is 6.92 Å². The van der Waals surface area contributed by atoms with Crippen molar-refractivity contribution in [1.82, 2.24) is 10.2 Å². The van der Waals surface area contributed by atoms with Crippen LogP contribution in [-0.2, 0) is 4.79 Å². The van der Waals surface area contributed by atoms with E-state index in [0.29, 0.717) is 5.92 Å². The van der Waals surface area contributed by atoms with Crippen LogP contribution in [0, 0.1) is 5.92 Å². The van der Waals surface area contributed by atoms with E-state index in [1.807, 2.05) is 0 Å². The number of aliphatic carboxylic acids is 1. The average molecular weight is 244 g/mol. The molecule has 0 spiro atoms. The Labute approximate surface area is 101 Å². The van der Waals surface area contributed by atoms with Crippen LogP contribution in [0.25, 0.3) is 0 Å². The summed E-state index contributed by atoms with van der Waals surface area (Å²) in [4.78, 5) is 23.7. The first kappa shape index (κ1) is 13.8. The molecule has 0 aromatic rings. The summed E-state index contributed by atoms with van der Waals surface area (Å²) in [5.74, 6) is -0.598. The third kappa shape index (κ3) is 4.60. The normalized spacial score (nSPS) is 18.8. The topological polar surface area (TPSA) is 89.9 Å². The minimum atomic E-state index is -1.41. The summed E-state index contributed by atoms with van der Waals surface area (Å²) in [6, 6.07) is -0.172. The van der Waals surface area contributed by atoms with E-state index in [1.165, 1.54) is 0 Å². The molecule has 0 aromatic carbocycles. The summed E-state index contributed by atoms with van der Waals surface area (Å²) in [5.41, 5.74) is 0. The number of piperidine rings is 1. The Morgan fingerprint density at radius 2 is 2.00 bits per heavy atom. The summed E-state index contributed by atoms with van der Waals surface area (Å²) in [6.07, 6.45) is 0.637. The maximum absolute atomic E-state index is 11.6. The molecule has 98 valence electrons. The molecule has 1 aliphatic heterocycles. The first-order valence-electron chi connectivity index (χ1n) is 5.94. The van der Waals surface area contributed by atoms with Crippen LogP contribution in [-0.4, -0.2) is 52.9 Å². The predicted octanol–water partition coefficient (Wildman–Crippen LogP) is 0.263. The summed E-state index contributed by atoms with van der Waals surface area (Å²) in [5, 5.41) is 20.1. The van der Waals surface area contributed by atoms with Crippen LogP contribution in [0.1, 0.15) is 26.2 Å². The van der Waals surface area contributed by atoms with E-state index in [0.717, 1.165) is 25.9 Å². The molecule has 0 bridgehead atoms. The number of nitrogens with zero attached hydrogens (tertiary/aromatic N) is 1. The number of urea groups is 1. The van der Waals surface area contributed by atoms with Crippen LogP contribution in [0.3, 0.4) is 0 Å². The van der Waals surface area contributed by atoms with Gasteiger partial charge in [0.2, 0.25) is 0 Å². The van der Waals surface area contributed by atoms with Crippen molar-refractivity contribution in [1.29, 1.82) is 0 Å². The van der Waals surface area contributed by atoms with Gasteiger partial charge in [-0.3, -0.25) is 0 Å². The first-order chi connectivity index (χ1) is 8.00. The molecular weight excluding hydrogens is 224 g/mol. The number of aliphatic hydroxyl groups is 1. The molecule has 1 rings (SSSR count). The van der Waals surface area contributed by atoms with E-state index in [9.17, 15) is 9.59 Å². The lowest BCUT2D eigenvalue weighted by Crippen LogP contribution is -2.45. The van der Waals surface area contributed by atoms with E-state index in [1.54, 1.807) is 4.90 Å². The molecular formula is C11H20N2O4. The van der Waals surface area contributed by atoms with Gasteiger partial charge in [0.05, 0.1) is 0 Å². The van der Waals surface area contributed by atoms with E-state index < -0.39 is 12.1 Å². The molecule has 1 heterocycles. The monoisotopic (exact) mass is 244 g/mol. The van der Waals surface area contributed by atoms with Gasteiger partial charge in [0.25, 0.3) is 0 Å². The Balaban J connectivity index is 2.19. The van der Waals surface area contributed by atoms with E-state index in [2.05, 4.69) is 12.2 Å². The number of carboxylic acids is 1. The first-order valence-corrected chi connectivity index (χ1v) is 5.94. The quantitative estimate of drug-likeness (QED) is 0.662. The Kier molecular flexibility index (Phi) is 5.21. The fraction of sp³-hybridized carbons (Fsp3) is 0.818. The number of rotatable bonds is 4. The van der Waals surface area contributed by atoms with Crippen molar-refractivity contribution < 1.29 is 19.8 Å². The molecule has 6 heteroatoms. The predicted molar refractivity (Wildman–Crippen MR) is 61.6 cm³/mol. The van der Waals surface area contributed by atoms with Crippen LogP contribution in [0.5, 0.6) is 0 Å². The van der Waals surface area contributed by atoms with Crippen LogP contribution in [0.15, 0.2) is 0 Å². The van der Waals surface area contributed by atoms with Gasteiger partial charge in [0, 0.05) is 26.1 Å². The minimum absolute atomic E-state index is 0.0331. The highest BCUT2D eigenvalue weighted by Crippen LogP contribution is 2.15. The highest BCUT2D eigenvalue weighted by molar-refractivity contribution is 5.74. The van der Waals surface area contributed by atoms with Gasteiger partial charge in [-0.15, -0.1) is 0 Å². The second-order valence-electron chi connectivity index (χ2n) is 4.54. The smallest absolute Gasteiger partial charge is 0.332 e. The molecule has 17 heavy (non-hydrogen) atoms. The van der Waals surface area contributed by atoms with Gasteiger partial charge in [-0.2, -0.15) is 0 Å². The number of carbonyl (C=O) groups is 2. The van der Waals surface area contributed by atoms with E-state index in [4.69, 9.17) is 10.2 Å². The highest BCUT2D eigenvalue weighted by Gasteiger charge is 2.20. The second-order valence-corrected chi connectivity index (χ2v) is 4.54. The highest BCUT2D eigenvalue weighted by atomic mass is 16.4. The van der Waals surface area contributed by atoms with E-state index in [-0.39, 0.29) is 19.0 Å². The number of carbonyl (C=O) groups excluding carboxylic acids is 1. The van der Waals surface area contributed by atoms with Gasteiger partial charge in [-0.25, -0.2) is 9.59 Å². The average Bonchev–Trinajstić information content (AvgIpc) is 2.29. The third-order valence-corrected chi connectivity index (χ3v) is 3.05. The van der Waals surface area contributed by atoms with Crippen molar-refractivity contribution >= 4 is 12.0 Å². The van der Waals surface area contributed by atoms with Crippen molar-refractivity contribution in [3.8, 4) is 0 Å². The van der Waals surface area contributed by atoms with Gasteiger partial charge >= 0.3 is 12.0 Å². The van der Waals surface area contributed by atoms with Crippen LogP contribution in [0.2, 0.25) is 0 Å². The maximum Gasteiger partial charge on any atom is 0.332 e. The lowest BCUT2D eigenvalue weighted by atomic mass is 10.00. The van der Waals surface area contributed by atoms with E-state index >= 15 is 0 Å².